The molecule has 2 rings (SSSR count). The van der Waals surface area contributed by atoms with Crippen molar-refractivity contribution in [1.29, 1.82) is 0 Å². The van der Waals surface area contributed by atoms with Crippen LogP contribution in [0.4, 0.5) is 5.82 Å². The van der Waals surface area contributed by atoms with E-state index in [9.17, 15) is 0 Å². The first-order valence-corrected chi connectivity index (χ1v) is 7.77. The fourth-order valence-corrected chi connectivity index (χ4v) is 2.61. The van der Waals surface area contributed by atoms with E-state index in [1.54, 1.807) is 6.07 Å². The number of benzene rings is 1. The number of hydrogen-bond donors (Lipinski definition) is 1. The molecule has 2 N–H and O–H groups in total. The zero-order valence-electron chi connectivity index (χ0n) is 13.8. The molecular weight excluding hydrogens is 274 g/mol. The van der Waals surface area contributed by atoms with E-state index in [-0.39, 0.29) is 0 Å². The van der Waals surface area contributed by atoms with Crippen molar-refractivity contribution >= 4 is 5.82 Å². The highest BCUT2D eigenvalue weighted by Gasteiger charge is 2.09. The quantitative estimate of drug-likeness (QED) is 0.872. The Bertz CT molecular complexity index is 625. The minimum Gasteiger partial charge on any atom is -0.493 e. The first-order valence-electron chi connectivity index (χ1n) is 7.77. The van der Waals surface area contributed by atoms with E-state index in [0.717, 1.165) is 29.2 Å². The van der Waals surface area contributed by atoms with Gasteiger partial charge in [-0.25, -0.2) is 9.97 Å². The minimum absolute atomic E-state index is 0.477. The third-order valence-corrected chi connectivity index (χ3v) is 3.56. The summed E-state index contributed by atoms with van der Waals surface area (Å²) in [6, 6.07) is 7.87. The molecule has 0 radical (unpaired) electrons. The standard InChI is InChI=1S/C18H25N3O/c1-12(2)7-13(3)10-22-17-6-5-15(8-14(17)4)16-9-18(19)21-11-20-16/h5-6,8-9,11-13H,7,10H2,1-4H3,(H2,19,20,21)/t13-/m1/s1. The Morgan fingerprint density at radius 1 is 1.14 bits per heavy atom. The van der Waals surface area contributed by atoms with Crippen LogP contribution in [0.5, 0.6) is 5.75 Å². The van der Waals surface area contributed by atoms with E-state index in [0.29, 0.717) is 17.7 Å². The van der Waals surface area contributed by atoms with Crippen LogP contribution in [0.15, 0.2) is 30.6 Å². The summed E-state index contributed by atoms with van der Waals surface area (Å²) in [5.41, 5.74) is 8.66. The van der Waals surface area contributed by atoms with Gasteiger partial charge in [0.05, 0.1) is 12.3 Å². The van der Waals surface area contributed by atoms with Crippen molar-refractivity contribution in [3.63, 3.8) is 0 Å². The van der Waals surface area contributed by atoms with Crippen LogP contribution in [0.3, 0.4) is 0 Å². The molecule has 4 heteroatoms. The van der Waals surface area contributed by atoms with Crippen LogP contribution in [-0.2, 0) is 0 Å². The molecular formula is C18H25N3O. The zero-order valence-corrected chi connectivity index (χ0v) is 13.8. The molecule has 0 spiro atoms. The van der Waals surface area contributed by atoms with Crippen LogP contribution in [-0.4, -0.2) is 16.6 Å². The second kappa shape index (κ2) is 7.25. The number of anilines is 1. The van der Waals surface area contributed by atoms with Gasteiger partial charge in [-0.3, -0.25) is 0 Å². The van der Waals surface area contributed by atoms with Gasteiger partial charge in [0.25, 0.3) is 0 Å². The monoisotopic (exact) mass is 299 g/mol. The Hall–Kier alpha value is -2.10. The predicted octanol–water partition coefficient (Wildman–Crippen LogP) is 4.10. The second-order valence-corrected chi connectivity index (χ2v) is 6.35. The zero-order chi connectivity index (χ0) is 16.1. The van der Waals surface area contributed by atoms with Crippen molar-refractivity contribution in [2.24, 2.45) is 11.8 Å². The summed E-state index contributed by atoms with van der Waals surface area (Å²) in [7, 11) is 0. The maximum absolute atomic E-state index is 5.96. The molecule has 1 atom stereocenters. The maximum Gasteiger partial charge on any atom is 0.127 e. The van der Waals surface area contributed by atoms with Crippen molar-refractivity contribution in [3.05, 3.63) is 36.2 Å². The Morgan fingerprint density at radius 3 is 2.55 bits per heavy atom. The van der Waals surface area contributed by atoms with Crippen molar-refractivity contribution < 1.29 is 4.74 Å². The van der Waals surface area contributed by atoms with Crippen LogP contribution in [0.1, 0.15) is 32.8 Å². The van der Waals surface area contributed by atoms with Gasteiger partial charge in [-0.2, -0.15) is 0 Å². The number of nitrogens with two attached hydrogens (primary N) is 1. The molecule has 0 aliphatic heterocycles. The van der Waals surface area contributed by atoms with Crippen LogP contribution in [0.2, 0.25) is 0 Å². The highest BCUT2D eigenvalue weighted by Crippen LogP contribution is 2.26. The number of nitrogen functional groups attached to an aromatic ring is 1. The molecule has 1 aromatic carbocycles. The van der Waals surface area contributed by atoms with Gasteiger partial charge < -0.3 is 10.5 Å². The molecule has 0 fully saturated rings. The molecule has 0 aliphatic carbocycles. The van der Waals surface area contributed by atoms with Gasteiger partial charge in [0.15, 0.2) is 0 Å². The molecule has 22 heavy (non-hydrogen) atoms. The summed E-state index contributed by atoms with van der Waals surface area (Å²) in [4.78, 5) is 8.18. The second-order valence-electron chi connectivity index (χ2n) is 6.35. The molecule has 4 nitrogen and oxygen atoms in total. The van der Waals surface area contributed by atoms with Crippen LogP contribution in [0, 0.1) is 18.8 Å². The molecule has 118 valence electrons. The van der Waals surface area contributed by atoms with E-state index in [4.69, 9.17) is 10.5 Å². The number of nitrogens with zero attached hydrogens (tertiary/aromatic N) is 2. The summed E-state index contributed by atoms with van der Waals surface area (Å²) in [6.45, 7) is 9.51. The van der Waals surface area contributed by atoms with Crippen LogP contribution in [0.25, 0.3) is 11.3 Å². The topological polar surface area (TPSA) is 61.0 Å². The number of rotatable bonds is 6. The molecule has 0 bridgehead atoms. The first kappa shape index (κ1) is 16.3. The average Bonchev–Trinajstić information content (AvgIpc) is 2.45. The van der Waals surface area contributed by atoms with E-state index < -0.39 is 0 Å². The van der Waals surface area contributed by atoms with Crippen molar-refractivity contribution in [1.82, 2.24) is 9.97 Å². The largest absolute Gasteiger partial charge is 0.493 e. The molecule has 2 aromatic rings. The molecule has 1 aromatic heterocycles. The summed E-state index contributed by atoms with van der Waals surface area (Å²) in [5, 5.41) is 0. The van der Waals surface area contributed by atoms with Gasteiger partial charge in [0, 0.05) is 11.6 Å². The van der Waals surface area contributed by atoms with Crippen molar-refractivity contribution in [2.75, 3.05) is 12.3 Å². The van der Waals surface area contributed by atoms with Crippen LogP contribution >= 0.6 is 0 Å². The normalized spacial score (nSPS) is 12.4. The summed E-state index contributed by atoms with van der Waals surface area (Å²) >= 11 is 0. The summed E-state index contributed by atoms with van der Waals surface area (Å²) in [6.07, 6.45) is 2.66. The van der Waals surface area contributed by atoms with E-state index in [2.05, 4.69) is 43.7 Å². The Labute approximate surface area is 132 Å². The lowest BCUT2D eigenvalue weighted by Crippen LogP contribution is -2.11. The minimum atomic E-state index is 0.477. The number of hydrogen-bond acceptors (Lipinski definition) is 4. The Kier molecular flexibility index (Phi) is 5.36. The van der Waals surface area contributed by atoms with Gasteiger partial charge in [0.2, 0.25) is 0 Å². The van der Waals surface area contributed by atoms with Gasteiger partial charge in [0.1, 0.15) is 17.9 Å². The summed E-state index contributed by atoms with van der Waals surface area (Å²) in [5.74, 6) is 2.66. The van der Waals surface area contributed by atoms with E-state index >= 15 is 0 Å². The van der Waals surface area contributed by atoms with Gasteiger partial charge >= 0.3 is 0 Å². The number of aromatic nitrogens is 2. The van der Waals surface area contributed by atoms with E-state index in [1.165, 1.54) is 12.7 Å². The lowest BCUT2D eigenvalue weighted by atomic mass is 10.00. The molecule has 0 unspecified atom stereocenters. The Balaban J connectivity index is 2.07. The fourth-order valence-electron chi connectivity index (χ4n) is 2.61. The Morgan fingerprint density at radius 2 is 1.91 bits per heavy atom. The van der Waals surface area contributed by atoms with Gasteiger partial charge in [-0.1, -0.05) is 20.8 Å². The van der Waals surface area contributed by atoms with Crippen molar-refractivity contribution in [2.45, 2.75) is 34.1 Å². The highest BCUT2D eigenvalue weighted by molar-refractivity contribution is 5.63. The van der Waals surface area contributed by atoms with E-state index in [1.807, 2.05) is 12.1 Å². The first-order chi connectivity index (χ1) is 10.5. The SMILES string of the molecule is Cc1cc(-c2cc(N)ncn2)ccc1OC[C@H](C)CC(C)C. The third-order valence-electron chi connectivity index (χ3n) is 3.56. The summed E-state index contributed by atoms with van der Waals surface area (Å²) < 4.78 is 5.96. The van der Waals surface area contributed by atoms with Gasteiger partial charge in [-0.15, -0.1) is 0 Å². The number of ether oxygens (including phenoxy) is 1. The number of aryl methyl sites for hydroxylation is 1. The van der Waals surface area contributed by atoms with Crippen molar-refractivity contribution in [3.8, 4) is 17.0 Å². The molecule has 0 amide bonds. The third kappa shape index (κ3) is 4.45. The fraction of sp³-hybridized carbons (Fsp3) is 0.444. The predicted molar refractivity (Wildman–Crippen MR) is 90.7 cm³/mol. The molecule has 1 heterocycles. The lowest BCUT2D eigenvalue weighted by molar-refractivity contribution is 0.238. The highest BCUT2D eigenvalue weighted by atomic mass is 16.5. The molecule has 0 saturated heterocycles. The molecule has 0 aliphatic rings. The lowest BCUT2D eigenvalue weighted by Gasteiger charge is -2.16. The van der Waals surface area contributed by atoms with Gasteiger partial charge in [-0.05, 0) is 48.9 Å². The average molecular weight is 299 g/mol. The van der Waals surface area contributed by atoms with Crippen LogP contribution < -0.4 is 10.5 Å². The maximum atomic E-state index is 5.96. The molecule has 0 saturated carbocycles. The smallest absolute Gasteiger partial charge is 0.127 e.